The number of nitrogens with zero attached hydrogens (tertiary/aromatic N) is 4. The molecule has 1 saturated heterocycles. The molecule has 25 heavy (non-hydrogen) atoms. The van der Waals surface area contributed by atoms with Gasteiger partial charge in [0.2, 0.25) is 0 Å². The van der Waals surface area contributed by atoms with Crippen molar-refractivity contribution in [1.82, 2.24) is 19.7 Å². The minimum atomic E-state index is 0.390. The van der Waals surface area contributed by atoms with Crippen LogP contribution in [0.2, 0.25) is 0 Å². The Morgan fingerprint density at radius 1 is 1.08 bits per heavy atom. The lowest BCUT2D eigenvalue weighted by atomic mass is 10.1. The molecule has 1 aromatic carbocycles. The molecule has 4 rings (SSSR count). The van der Waals surface area contributed by atoms with E-state index in [0.29, 0.717) is 12.0 Å². The summed E-state index contributed by atoms with van der Waals surface area (Å²) in [6.45, 7) is 1.93. The predicted octanol–water partition coefficient (Wildman–Crippen LogP) is 3.76. The molecule has 2 fully saturated rings. The van der Waals surface area contributed by atoms with Gasteiger partial charge in [-0.05, 0) is 57.0 Å². The van der Waals surface area contributed by atoms with Crippen molar-refractivity contribution in [2.45, 2.75) is 57.0 Å². The Morgan fingerprint density at radius 3 is 2.60 bits per heavy atom. The molecule has 1 unspecified atom stereocenters. The number of hydrogen-bond acceptors (Lipinski definition) is 4. The van der Waals surface area contributed by atoms with Gasteiger partial charge in [0.25, 0.3) is 0 Å². The van der Waals surface area contributed by atoms with E-state index in [1.54, 1.807) is 7.11 Å². The number of methoxy groups -OCH3 is 1. The summed E-state index contributed by atoms with van der Waals surface area (Å²) >= 11 is 0. The number of likely N-dealkylation sites (tertiary alicyclic amines) is 1. The van der Waals surface area contributed by atoms with E-state index in [0.717, 1.165) is 30.5 Å². The lowest BCUT2D eigenvalue weighted by molar-refractivity contribution is 0.234. The summed E-state index contributed by atoms with van der Waals surface area (Å²) in [5, 5.41) is 4.90. The van der Waals surface area contributed by atoms with Crippen LogP contribution in [-0.2, 0) is 6.54 Å². The van der Waals surface area contributed by atoms with Crippen LogP contribution in [0.25, 0.3) is 0 Å². The summed E-state index contributed by atoms with van der Waals surface area (Å²) in [7, 11) is 3.94. The van der Waals surface area contributed by atoms with Gasteiger partial charge in [0, 0.05) is 5.92 Å². The predicted molar refractivity (Wildman–Crippen MR) is 97.9 cm³/mol. The maximum absolute atomic E-state index is 5.27. The highest BCUT2D eigenvalue weighted by molar-refractivity contribution is 5.27. The van der Waals surface area contributed by atoms with Gasteiger partial charge in [0.15, 0.2) is 5.82 Å². The zero-order chi connectivity index (χ0) is 17.2. The Morgan fingerprint density at radius 2 is 1.88 bits per heavy atom. The number of hydrogen-bond donors (Lipinski definition) is 0. The molecule has 1 aliphatic carbocycles. The molecule has 2 aromatic rings. The van der Waals surface area contributed by atoms with Crippen LogP contribution in [0.4, 0.5) is 0 Å². The van der Waals surface area contributed by atoms with Crippen LogP contribution in [0.3, 0.4) is 0 Å². The fourth-order valence-electron chi connectivity index (χ4n) is 3.73. The molecular weight excluding hydrogens is 312 g/mol. The Kier molecular flexibility index (Phi) is 4.75. The minimum Gasteiger partial charge on any atom is -0.497 e. The van der Waals surface area contributed by atoms with Crippen molar-refractivity contribution >= 4 is 0 Å². The molecule has 0 amide bonds. The highest BCUT2D eigenvalue weighted by Crippen LogP contribution is 2.39. The monoisotopic (exact) mass is 340 g/mol. The molecule has 1 saturated carbocycles. The van der Waals surface area contributed by atoms with E-state index in [2.05, 4.69) is 28.8 Å². The summed E-state index contributed by atoms with van der Waals surface area (Å²) in [4.78, 5) is 7.47. The Bertz CT molecular complexity index is 705. The topological polar surface area (TPSA) is 43.2 Å². The molecule has 2 heterocycles. The quantitative estimate of drug-likeness (QED) is 0.831. The molecule has 5 heteroatoms. The molecule has 0 bridgehead atoms. The highest BCUT2D eigenvalue weighted by Gasteiger charge is 2.32. The second kappa shape index (κ2) is 7.16. The molecule has 134 valence electrons. The first-order valence-corrected chi connectivity index (χ1v) is 9.52. The van der Waals surface area contributed by atoms with Crippen molar-refractivity contribution in [3.05, 3.63) is 41.5 Å². The van der Waals surface area contributed by atoms with Crippen LogP contribution in [-0.4, -0.2) is 40.4 Å². The van der Waals surface area contributed by atoms with Crippen molar-refractivity contribution in [2.75, 3.05) is 20.7 Å². The smallest absolute Gasteiger partial charge is 0.154 e. The van der Waals surface area contributed by atoms with Crippen LogP contribution in [0.5, 0.6) is 5.75 Å². The van der Waals surface area contributed by atoms with Gasteiger partial charge in [0.05, 0.1) is 19.7 Å². The number of aromatic nitrogens is 3. The van der Waals surface area contributed by atoms with E-state index in [9.17, 15) is 0 Å². The molecule has 1 aromatic heterocycles. The maximum Gasteiger partial charge on any atom is 0.154 e. The summed E-state index contributed by atoms with van der Waals surface area (Å²) in [5.41, 5.74) is 1.24. The molecule has 0 spiro atoms. The van der Waals surface area contributed by atoms with E-state index in [1.165, 1.54) is 44.1 Å². The summed E-state index contributed by atoms with van der Waals surface area (Å²) in [5.74, 6) is 3.69. The largest absolute Gasteiger partial charge is 0.497 e. The van der Waals surface area contributed by atoms with Crippen molar-refractivity contribution in [3.8, 4) is 5.75 Å². The van der Waals surface area contributed by atoms with Crippen LogP contribution < -0.4 is 4.74 Å². The lowest BCUT2D eigenvalue weighted by Gasteiger charge is -2.25. The first-order valence-electron chi connectivity index (χ1n) is 9.52. The van der Waals surface area contributed by atoms with Gasteiger partial charge < -0.3 is 4.74 Å². The molecule has 2 aliphatic rings. The van der Waals surface area contributed by atoms with E-state index in [4.69, 9.17) is 14.8 Å². The fourth-order valence-corrected chi connectivity index (χ4v) is 3.73. The molecule has 1 atom stereocenters. The Balaban J connectivity index is 1.62. The van der Waals surface area contributed by atoms with E-state index < -0.39 is 0 Å². The average molecular weight is 340 g/mol. The standard InChI is InChI=1S/C20H28N4O/c1-23-13-5-3-4-6-18(23)20-21-19(16-9-10-16)22-24(20)14-15-7-11-17(25-2)12-8-15/h7-8,11-12,16,18H,3-6,9-10,13-14H2,1-2H3. The average Bonchev–Trinajstić information content (AvgIpc) is 3.43. The Hall–Kier alpha value is -1.88. The molecule has 5 nitrogen and oxygen atoms in total. The summed E-state index contributed by atoms with van der Waals surface area (Å²) in [6, 6.07) is 8.67. The van der Waals surface area contributed by atoms with Crippen LogP contribution in [0.15, 0.2) is 24.3 Å². The minimum absolute atomic E-state index is 0.390. The fraction of sp³-hybridized carbons (Fsp3) is 0.600. The van der Waals surface area contributed by atoms with Crippen LogP contribution in [0.1, 0.15) is 67.7 Å². The number of ether oxygens (including phenoxy) is 1. The SMILES string of the molecule is COc1ccc(Cn2nc(C3CC3)nc2C2CCCCCN2C)cc1. The summed E-state index contributed by atoms with van der Waals surface area (Å²) < 4.78 is 7.42. The van der Waals surface area contributed by atoms with Crippen LogP contribution >= 0.6 is 0 Å². The third kappa shape index (κ3) is 3.71. The second-order valence-corrected chi connectivity index (χ2v) is 7.45. The summed E-state index contributed by atoms with van der Waals surface area (Å²) in [6.07, 6.45) is 7.56. The molecule has 0 radical (unpaired) electrons. The van der Waals surface area contributed by atoms with E-state index in [1.807, 2.05) is 12.1 Å². The Labute approximate surface area is 150 Å². The van der Waals surface area contributed by atoms with Gasteiger partial charge in [-0.25, -0.2) is 9.67 Å². The normalized spacial score (nSPS) is 21.9. The van der Waals surface area contributed by atoms with Crippen molar-refractivity contribution in [1.29, 1.82) is 0 Å². The third-order valence-electron chi connectivity index (χ3n) is 5.47. The number of rotatable bonds is 5. The van der Waals surface area contributed by atoms with Crippen molar-refractivity contribution in [2.24, 2.45) is 0 Å². The zero-order valence-electron chi connectivity index (χ0n) is 15.3. The second-order valence-electron chi connectivity index (χ2n) is 7.45. The maximum atomic E-state index is 5.27. The first-order chi connectivity index (χ1) is 12.2. The van der Waals surface area contributed by atoms with Gasteiger partial charge in [-0.15, -0.1) is 0 Å². The third-order valence-corrected chi connectivity index (χ3v) is 5.47. The lowest BCUT2D eigenvalue weighted by Crippen LogP contribution is -2.27. The zero-order valence-corrected chi connectivity index (χ0v) is 15.3. The van der Waals surface area contributed by atoms with Gasteiger partial charge >= 0.3 is 0 Å². The first kappa shape index (κ1) is 16.6. The number of benzene rings is 1. The van der Waals surface area contributed by atoms with Gasteiger partial charge in [-0.1, -0.05) is 25.0 Å². The van der Waals surface area contributed by atoms with Crippen molar-refractivity contribution < 1.29 is 4.74 Å². The van der Waals surface area contributed by atoms with Gasteiger partial charge in [0.1, 0.15) is 11.6 Å². The van der Waals surface area contributed by atoms with Gasteiger partial charge in [-0.3, -0.25) is 4.90 Å². The van der Waals surface area contributed by atoms with E-state index in [-0.39, 0.29) is 0 Å². The molecule has 1 aliphatic heterocycles. The van der Waals surface area contributed by atoms with Crippen LogP contribution in [0, 0.1) is 0 Å². The van der Waals surface area contributed by atoms with E-state index >= 15 is 0 Å². The highest BCUT2D eigenvalue weighted by atomic mass is 16.5. The van der Waals surface area contributed by atoms with Crippen molar-refractivity contribution in [3.63, 3.8) is 0 Å². The molecule has 0 N–H and O–H groups in total. The van der Waals surface area contributed by atoms with Gasteiger partial charge in [-0.2, -0.15) is 5.10 Å². The molecular formula is C20H28N4O.